The van der Waals surface area contributed by atoms with Crippen molar-refractivity contribution in [3.63, 3.8) is 0 Å². The SMILES string of the molecule is C=C1[C@H](CC=O)CCC[C@H]1O[Si](C(C)C)(C(C)C)C(C)C. The largest absolute Gasteiger partial charge is 0.409 e. The van der Waals surface area contributed by atoms with E-state index in [2.05, 4.69) is 48.1 Å². The second-order valence-corrected chi connectivity index (χ2v) is 12.9. The van der Waals surface area contributed by atoms with Gasteiger partial charge in [-0.15, -0.1) is 0 Å². The second-order valence-electron chi connectivity index (χ2n) is 7.53. The summed E-state index contributed by atoms with van der Waals surface area (Å²) in [5, 5.41) is 0. The van der Waals surface area contributed by atoms with Crippen molar-refractivity contribution in [2.75, 3.05) is 0 Å². The average Bonchev–Trinajstić information content (AvgIpc) is 2.38. The van der Waals surface area contributed by atoms with Gasteiger partial charge in [-0.2, -0.15) is 0 Å². The van der Waals surface area contributed by atoms with Crippen LogP contribution in [0.2, 0.25) is 16.6 Å². The molecule has 3 heteroatoms. The first kappa shape index (κ1) is 18.6. The van der Waals surface area contributed by atoms with Crippen LogP contribution < -0.4 is 0 Å². The standard InChI is InChI=1S/C18H34O2Si/c1-13(2)21(14(3)4,15(5)6)20-18-10-8-9-17(11-12-19)16(18)7/h12-15,17-18H,7-11H2,1-6H3/t17-,18+/m0/s1. The predicted molar refractivity (Wildman–Crippen MR) is 93.1 cm³/mol. The number of rotatable bonds is 7. The van der Waals surface area contributed by atoms with E-state index in [1.54, 1.807) is 0 Å². The lowest BCUT2D eigenvalue weighted by Gasteiger charge is -2.46. The Bertz CT molecular complexity index is 338. The number of hydrogen-bond acceptors (Lipinski definition) is 2. The van der Waals surface area contributed by atoms with E-state index in [1.807, 2.05) is 0 Å². The molecule has 0 aromatic rings. The van der Waals surface area contributed by atoms with E-state index in [4.69, 9.17) is 4.43 Å². The summed E-state index contributed by atoms with van der Waals surface area (Å²) in [5.41, 5.74) is 2.96. The van der Waals surface area contributed by atoms with Gasteiger partial charge in [-0.25, -0.2) is 0 Å². The van der Waals surface area contributed by atoms with Gasteiger partial charge in [0.1, 0.15) is 6.29 Å². The Morgan fingerprint density at radius 3 is 2.10 bits per heavy atom. The summed E-state index contributed by atoms with van der Waals surface area (Å²) < 4.78 is 6.88. The Labute approximate surface area is 132 Å². The molecule has 0 unspecified atom stereocenters. The smallest absolute Gasteiger partial charge is 0.201 e. The van der Waals surface area contributed by atoms with Crippen LogP contribution in [0.5, 0.6) is 0 Å². The van der Waals surface area contributed by atoms with Crippen molar-refractivity contribution in [2.45, 2.75) is 90.0 Å². The highest BCUT2D eigenvalue weighted by Crippen LogP contribution is 2.45. The fourth-order valence-electron chi connectivity index (χ4n) is 4.36. The molecule has 1 aliphatic carbocycles. The summed E-state index contributed by atoms with van der Waals surface area (Å²) in [4.78, 5) is 10.9. The second kappa shape index (κ2) is 7.73. The van der Waals surface area contributed by atoms with Crippen LogP contribution in [0.3, 0.4) is 0 Å². The van der Waals surface area contributed by atoms with Crippen molar-refractivity contribution in [1.82, 2.24) is 0 Å². The summed E-state index contributed by atoms with van der Waals surface area (Å²) in [5.74, 6) is 0.333. The van der Waals surface area contributed by atoms with Gasteiger partial charge in [0.2, 0.25) is 8.32 Å². The Morgan fingerprint density at radius 2 is 1.67 bits per heavy atom. The third-order valence-electron chi connectivity index (χ3n) is 5.39. The number of carbonyl (C=O) groups is 1. The van der Waals surface area contributed by atoms with Crippen LogP contribution in [0, 0.1) is 5.92 Å². The van der Waals surface area contributed by atoms with Crippen LogP contribution in [0.4, 0.5) is 0 Å². The predicted octanol–water partition coefficient (Wildman–Crippen LogP) is 5.49. The molecule has 0 bridgehead atoms. The maximum Gasteiger partial charge on any atom is 0.201 e. The minimum atomic E-state index is -1.86. The van der Waals surface area contributed by atoms with Gasteiger partial charge in [0.25, 0.3) is 0 Å². The monoisotopic (exact) mass is 310 g/mol. The van der Waals surface area contributed by atoms with Crippen LogP contribution in [-0.4, -0.2) is 20.7 Å². The van der Waals surface area contributed by atoms with Crippen LogP contribution in [0.15, 0.2) is 12.2 Å². The summed E-state index contributed by atoms with van der Waals surface area (Å²) in [6, 6.07) is 0. The molecule has 1 aliphatic rings. The van der Waals surface area contributed by atoms with Crippen LogP contribution in [-0.2, 0) is 9.22 Å². The Hall–Kier alpha value is -0.413. The van der Waals surface area contributed by atoms with Crippen molar-refractivity contribution in [2.24, 2.45) is 5.92 Å². The highest BCUT2D eigenvalue weighted by atomic mass is 28.4. The molecule has 122 valence electrons. The lowest BCUT2D eigenvalue weighted by molar-refractivity contribution is -0.108. The van der Waals surface area contributed by atoms with Crippen LogP contribution in [0.25, 0.3) is 0 Å². The Kier molecular flexibility index (Phi) is 6.86. The van der Waals surface area contributed by atoms with Gasteiger partial charge < -0.3 is 9.22 Å². The van der Waals surface area contributed by atoms with Crippen LogP contribution >= 0.6 is 0 Å². The summed E-state index contributed by atoms with van der Waals surface area (Å²) >= 11 is 0. The quantitative estimate of drug-likeness (QED) is 0.353. The summed E-state index contributed by atoms with van der Waals surface area (Å²) in [6.07, 6.45) is 5.14. The molecule has 0 heterocycles. The molecule has 2 atom stereocenters. The molecule has 0 amide bonds. The van der Waals surface area contributed by atoms with Gasteiger partial charge in [-0.3, -0.25) is 0 Å². The Morgan fingerprint density at radius 1 is 1.14 bits per heavy atom. The zero-order valence-corrected chi connectivity index (χ0v) is 15.8. The van der Waals surface area contributed by atoms with Crippen molar-refractivity contribution in [1.29, 1.82) is 0 Å². The normalized spacial score (nSPS) is 24.1. The third kappa shape index (κ3) is 3.87. The first-order chi connectivity index (χ1) is 9.77. The van der Waals surface area contributed by atoms with E-state index in [1.165, 1.54) is 5.57 Å². The van der Waals surface area contributed by atoms with E-state index < -0.39 is 8.32 Å². The lowest BCUT2D eigenvalue weighted by atomic mass is 9.82. The van der Waals surface area contributed by atoms with Crippen molar-refractivity contribution >= 4 is 14.6 Å². The molecule has 1 saturated carbocycles. The number of aldehydes is 1. The maximum atomic E-state index is 10.9. The minimum absolute atomic E-state index is 0.169. The molecule has 0 aromatic carbocycles. The molecule has 0 aromatic heterocycles. The first-order valence-corrected chi connectivity index (χ1v) is 10.7. The highest BCUT2D eigenvalue weighted by Gasteiger charge is 2.47. The van der Waals surface area contributed by atoms with E-state index in [-0.39, 0.29) is 6.10 Å². The summed E-state index contributed by atoms with van der Waals surface area (Å²) in [7, 11) is -1.86. The molecular formula is C18H34O2Si. The number of hydrogen-bond donors (Lipinski definition) is 0. The van der Waals surface area contributed by atoms with Crippen molar-refractivity contribution < 1.29 is 9.22 Å². The minimum Gasteiger partial charge on any atom is -0.409 e. The maximum absolute atomic E-state index is 10.9. The lowest BCUT2D eigenvalue weighted by Crippen LogP contribution is -2.51. The molecule has 0 N–H and O–H groups in total. The Balaban J connectivity index is 2.97. The molecule has 1 rings (SSSR count). The van der Waals surface area contributed by atoms with Gasteiger partial charge in [-0.05, 0) is 47.4 Å². The fourth-order valence-corrected chi connectivity index (χ4v) is 9.94. The van der Waals surface area contributed by atoms with Crippen molar-refractivity contribution in [3.8, 4) is 0 Å². The van der Waals surface area contributed by atoms with E-state index in [0.717, 1.165) is 25.5 Å². The van der Waals surface area contributed by atoms with Gasteiger partial charge in [-0.1, -0.05) is 48.1 Å². The molecule has 0 spiro atoms. The molecule has 0 aliphatic heterocycles. The first-order valence-electron chi connectivity index (χ1n) is 8.57. The van der Waals surface area contributed by atoms with Crippen LogP contribution in [0.1, 0.15) is 67.2 Å². The zero-order valence-electron chi connectivity index (χ0n) is 14.8. The molecule has 0 saturated heterocycles. The molecule has 0 radical (unpaired) electrons. The van der Waals surface area contributed by atoms with Gasteiger partial charge in [0.15, 0.2) is 0 Å². The zero-order chi connectivity index (χ0) is 16.2. The topological polar surface area (TPSA) is 26.3 Å². The molecular weight excluding hydrogens is 276 g/mol. The molecule has 2 nitrogen and oxygen atoms in total. The molecule has 21 heavy (non-hydrogen) atoms. The van der Waals surface area contributed by atoms with Gasteiger partial charge >= 0.3 is 0 Å². The third-order valence-corrected chi connectivity index (χ3v) is 11.5. The summed E-state index contributed by atoms with van der Waals surface area (Å²) in [6.45, 7) is 18.2. The average molecular weight is 311 g/mol. The highest BCUT2D eigenvalue weighted by molar-refractivity contribution is 6.77. The van der Waals surface area contributed by atoms with Gasteiger partial charge in [0.05, 0.1) is 6.10 Å². The number of carbonyl (C=O) groups excluding carboxylic acids is 1. The molecule has 1 fully saturated rings. The fraction of sp³-hybridized carbons (Fsp3) is 0.833. The van der Waals surface area contributed by atoms with Crippen molar-refractivity contribution in [3.05, 3.63) is 12.2 Å². The van der Waals surface area contributed by atoms with E-state index in [0.29, 0.717) is 29.0 Å². The van der Waals surface area contributed by atoms with Gasteiger partial charge in [0, 0.05) is 6.42 Å². The van der Waals surface area contributed by atoms with E-state index >= 15 is 0 Å². The van der Waals surface area contributed by atoms with E-state index in [9.17, 15) is 4.79 Å².